The molecule has 1 aliphatic rings. The van der Waals surface area contributed by atoms with Crippen LogP contribution in [0.5, 0.6) is 0 Å². The molecule has 1 heterocycles. The topological polar surface area (TPSA) is 52.7 Å². The highest BCUT2D eigenvalue weighted by Crippen LogP contribution is 2.19. The third-order valence-corrected chi connectivity index (χ3v) is 4.41. The zero-order valence-corrected chi connectivity index (χ0v) is 15.4. The molecule has 0 unspecified atom stereocenters. The molecule has 3 rings (SSSR count). The number of carbonyl (C=O) groups is 2. The molecule has 0 aliphatic carbocycles. The fourth-order valence-corrected chi connectivity index (χ4v) is 2.88. The number of hydrogen-bond donors (Lipinski definition) is 1. The molecule has 0 spiro atoms. The molecule has 0 bridgehead atoms. The van der Waals surface area contributed by atoms with E-state index >= 15 is 0 Å². The van der Waals surface area contributed by atoms with Gasteiger partial charge in [-0.2, -0.15) is 0 Å². The molecule has 2 aromatic rings. The van der Waals surface area contributed by atoms with Gasteiger partial charge in [0, 0.05) is 19.8 Å². The first-order valence-corrected chi connectivity index (χ1v) is 8.57. The molecule has 1 N–H and O–H groups in total. The highest BCUT2D eigenvalue weighted by Gasteiger charge is 2.33. The lowest BCUT2D eigenvalue weighted by Gasteiger charge is -2.29. The maximum atomic E-state index is 12.8. The largest absolute Gasteiger partial charge is 0.378 e. The minimum Gasteiger partial charge on any atom is -0.378 e. The average molecular weight is 365 g/mol. The predicted octanol–water partition coefficient (Wildman–Crippen LogP) is 2.58. The fraction of sp³-hybridized carbons (Fsp3) is 0.150. The Kier molecular flexibility index (Phi) is 5.14. The van der Waals surface area contributed by atoms with Crippen molar-refractivity contribution in [2.75, 3.05) is 19.0 Å². The summed E-state index contributed by atoms with van der Waals surface area (Å²) in [5.74, 6) is -0.861. The van der Waals surface area contributed by atoms with Gasteiger partial charge in [-0.1, -0.05) is 42.5 Å². The highest BCUT2D eigenvalue weighted by atomic mass is 32.1. The molecule has 0 saturated carbocycles. The van der Waals surface area contributed by atoms with Crippen LogP contribution in [-0.2, 0) is 16.1 Å². The molecule has 26 heavy (non-hydrogen) atoms. The second-order valence-electron chi connectivity index (χ2n) is 6.18. The number of rotatable bonds is 4. The van der Waals surface area contributed by atoms with Gasteiger partial charge in [0.25, 0.3) is 11.8 Å². The Morgan fingerprint density at radius 2 is 1.69 bits per heavy atom. The van der Waals surface area contributed by atoms with Gasteiger partial charge in [-0.05, 0) is 41.6 Å². The van der Waals surface area contributed by atoms with Gasteiger partial charge in [0.15, 0.2) is 5.11 Å². The molecule has 0 atom stereocenters. The van der Waals surface area contributed by atoms with E-state index in [0.29, 0.717) is 6.54 Å². The number of nitrogens with one attached hydrogen (secondary N) is 1. The Bertz CT molecular complexity index is 874. The summed E-state index contributed by atoms with van der Waals surface area (Å²) < 4.78 is 0. The average Bonchev–Trinajstić information content (AvgIpc) is 2.63. The van der Waals surface area contributed by atoms with Crippen molar-refractivity contribution < 1.29 is 9.59 Å². The Morgan fingerprint density at radius 1 is 1.04 bits per heavy atom. The molecule has 2 aromatic carbocycles. The lowest BCUT2D eigenvalue weighted by Crippen LogP contribution is -2.53. The number of anilines is 1. The van der Waals surface area contributed by atoms with Crippen LogP contribution < -0.4 is 10.2 Å². The third-order valence-electron chi connectivity index (χ3n) is 4.09. The molecular formula is C20H19N3O2S. The van der Waals surface area contributed by atoms with Crippen molar-refractivity contribution in [3.05, 3.63) is 71.3 Å². The van der Waals surface area contributed by atoms with Crippen molar-refractivity contribution in [3.63, 3.8) is 0 Å². The van der Waals surface area contributed by atoms with E-state index in [9.17, 15) is 9.59 Å². The first-order chi connectivity index (χ1) is 12.5. The number of carbonyl (C=O) groups excluding carboxylic acids is 2. The summed E-state index contributed by atoms with van der Waals surface area (Å²) in [4.78, 5) is 28.5. The smallest absolute Gasteiger partial charge is 0.265 e. The maximum absolute atomic E-state index is 12.8. The zero-order chi connectivity index (χ0) is 18.7. The quantitative estimate of drug-likeness (QED) is 0.514. The van der Waals surface area contributed by atoms with Crippen molar-refractivity contribution in [1.82, 2.24) is 10.2 Å². The van der Waals surface area contributed by atoms with Crippen molar-refractivity contribution in [3.8, 4) is 0 Å². The Morgan fingerprint density at radius 3 is 2.31 bits per heavy atom. The Balaban J connectivity index is 1.87. The highest BCUT2D eigenvalue weighted by molar-refractivity contribution is 7.80. The van der Waals surface area contributed by atoms with E-state index in [1.807, 2.05) is 73.6 Å². The summed E-state index contributed by atoms with van der Waals surface area (Å²) in [5, 5.41) is 2.73. The van der Waals surface area contributed by atoms with Crippen LogP contribution in [0, 0.1) is 0 Å². The van der Waals surface area contributed by atoms with Crippen LogP contribution in [-0.4, -0.2) is 35.9 Å². The van der Waals surface area contributed by atoms with Gasteiger partial charge in [0.05, 0.1) is 6.54 Å². The molecule has 5 nitrogen and oxygen atoms in total. The van der Waals surface area contributed by atoms with E-state index < -0.39 is 5.91 Å². The summed E-state index contributed by atoms with van der Waals surface area (Å²) >= 11 is 5.18. The van der Waals surface area contributed by atoms with Gasteiger partial charge in [0.2, 0.25) is 0 Å². The molecule has 1 saturated heterocycles. The summed E-state index contributed by atoms with van der Waals surface area (Å²) in [7, 11) is 3.90. The number of amides is 2. The van der Waals surface area contributed by atoms with Gasteiger partial charge in [-0.25, -0.2) is 0 Å². The maximum Gasteiger partial charge on any atom is 0.265 e. The lowest BCUT2D eigenvalue weighted by molar-refractivity contribution is -0.129. The summed E-state index contributed by atoms with van der Waals surface area (Å²) in [5.41, 5.74) is 2.83. The van der Waals surface area contributed by atoms with E-state index in [1.165, 1.54) is 4.90 Å². The fourth-order valence-electron chi connectivity index (χ4n) is 2.64. The van der Waals surface area contributed by atoms with Gasteiger partial charge >= 0.3 is 0 Å². The van der Waals surface area contributed by atoms with Gasteiger partial charge < -0.3 is 4.90 Å². The second kappa shape index (κ2) is 7.49. The van der Waals surface area contributed by atoms with Crippen LogP contribution in [0.2, 0.25) is 0 Å². The summed E-state index contributed by atoms with van der Waals surface area (Å²) in [6.07, 6.45) is 1.59. The zero-order valence-electron chi connectivity index (χ0n) is 14.6. The van der Waals surface area contributed by atoms with Crippen LogP contribution >= 0.6 is 12.2 Å². The number of benzene rings is 2. The van der Waals surface area contributed by atoms with E-state index in [4.69, 9.17) is 12.2 Å². The van der Waals surface area contributed by atoms with Crippen molar-refractivity contribution in [2.45, 2.75) is 6.54 Å². The minimum absolute atomic E-state index is 0.0761. The van der Waals surface area contributed by atoms with Gasteiger partial charge in [-0.3, -0.25) is 19.8 Å². The van der Waals surface area contributed by atoms with E-state index in [-0.39, 0.29) is 16.6 Å². The number of thiocarbonyl (C=S) groups is 1. The molecule has 1 aliphatic heterocycles. The van der Waals surface area contributed by atoms with E-state index in [1.54, 1.807) is 6.08 Å². The van der Waals surface area contributed by atoms with Crippen LogP contribution in [0.4, 0.5) is 5.69 Å². The summed E-state index contributed by atoms with van der Waals surface area (Å²) in [6.45, 7) is 0.315. The normalized spacial score (nSPS) is 16.0. The van der Waals surface area contributed by atoms with E-state index in [0.717, 1.165) is 16.8 Å². The minimum atomic E-state index is -0.471. The Labute approximate surface area is 157 Å². The van der Waals surface area contributed by atoms with Crippen LogP contribution in [0.25, 0.3) is 6.08 Å². The molecule has 6 heteroatoms. The molecule has 0 aromatic heterocycles. The number of hydrogen-bond acceptors (Lipinski definition) is 4. The van der Waals surface area contributed by atoms with Crippen LogP contribution in [0.15, 0.2) is 60.2 Å². The van der Waals surface area contributed by atoms with Crippen molar-refractivity contribution >= 4 is 40.9 Å². The number of nitrogens with zero attached hydrogens (tertiary/aromatic N) is 2. The summed E-state index contributed by atoms with van der Waals surface area (Å²) in [6, 6.07) is 17.1. The molecule has 132 valence electrons. The van der Waals surface area contributed by atoms with Gasteiger partial charge in [-0.15, -0.1) is 0 Å². The standard InChI is InChI=1S/C20H19N3O2S/c1-22(2)16-10-8-14(9-11-16)12-17-18(24)21-20(26)23(19(17)25)13-15-6-4-3-5-7-15/h3-12H,13H2,1-2H3,(H,21,24,26)/b17-12-. The lowest BCUT2D eigenvalue weighted by atomic mass is 10.1. The monoisotopic (exact) mass is 365 g/mol. The van der Waals surface area contributed by atoms with Crippen LogP contribution in [0.3, 0.4) is 0 Å². The molecule has 1 fully saturated rings. The van der Waals surface area contributed by atoms with Gasteiger partial charge in [0.1, 0.15) is 5.57 Å². The SMILES string of the molecule is CN(C)c1ccc(/C=C2/C(=O)NC(=S)N(Cc3ccccc3)C2=O)cc1. The Hall–Kier alpha value is -2.99. The van der Waals surface area contributed by atoms with Crippen molar-refractivity contribution in [1.29, 1.82) is 0 Å². The second-order valence-corrected chi connectivity index (χ2v) is 6.57. The van der Waals surface area contributed by atoms with Crippen molar-refractivity contribution in [2.24, 2.45) is 0 Å². The molecule has 2 amide bonds. The van der Waals surface area contributed by atoms with Crippen LogP contribution in [0.1, 0.15) is 11.1 Å². The van der Waals surface area contributed by atoms with E-state index in [2.05, 4.69) is 5.32 Å². The third kappa shape index (κ3) is 3.81. The molecule has 0 radical (unpaired) electrons. The first-order valence-electron chi connectivity index (χ1n) is 8.16. The molecular weight excluding hydrogens is 346 g/mol. The first kappa shape index (κ1) is 17.8. The predicted molar refractivity (Wildman–Crippen MR) is 106 cm³/mol.